The summed E-state index contributed by atoms with van der Waals surface area (Å²) in [7, 11) is 0. The van der Waals surface area contributed by atoms with Gasteiger partial charge < -0.3 is 36.7 Å². The number of rotatable bonds is 7. The summed E-state index contributed by atoms with van der Waals surface area (Å²) in [5, 5.41) is 7.05. The average molecular weight is 970 g/mol. The third-order valence-electron chi connectivity index (χ3n) is 12.9. The van der Waals surface area contributed by atoms with Crippen molar-refractivity contribution in [2.45, 2.75) is 19.3 Å². The summed E-state index contributed by atoms with van der Waals surface area (Å²) in [6, 6.07) is 48.6. The molecule has 0 fully saturated rings. The maximum atomic E-state index is 5.33. The summed E-state index contributed by atoms with van der Waals surface area (Å²) in [4.78, 5) is 52.8. The lowest BCUT2D eigenvalue weighted by Crippen LogP contribution is -2.23. The maximum absolute atomic E-state index is 5.33. The molecule has 10 heterocycles. The number of nitrogens with zero attached hydrogens (tertiary/aromatic N) is 8. The van der Waals surface area contributed by atoms with Gasteiger partial charge in [0.1, 0.15) is 22.6 Å². The van der Waals surface area contributed by atoms with Crippen LogP contribution in [0.15, 0.2) is 146 Å². The number of H-pyrrole nitrogens is 4. The topological polar surface area (TPSA) is 230 Å². The first kappa shape index (κ1) is 45.8. The molecule has 4 aromatic carbocycles. The molecule has 0 saturated heterocycles. The molecule has 4 aliphatic heterocycles. The van der Waals surface area contributed by atoms with E-state index in [1.165, 1.54) is 12.8 Å². The van der Waals surface area contributed by atoms with Crippen LogP contribution in [0.25, 0.3) is 136 Å². The van der Waals surface area contributed by atoms with Gasteiger partial charge in [-0.2, -0.15) is 0 Å². The Morgan fingerprint density at radius 1 is 0.324 bits per heavy atom. The highest BCUT2D eigenvalue weighted by molar-refractivity contribution is 6.06. The molecule has 0 radical (unpaired) electrons. The van der Waals surface area contributed by atoms with Gasteiger partial charge in [-0.15, -0.1) is 0 Å². The van der Waals surface area contributed by atoms with Gasteiger partial charge in [-0.3, -0.25) is 0 Å². The largest absolute Gasteiger partial charge is 0.355 e. The summed E-state index contributed by atoms with van der Waals surface area (Å²) >= 11 is 0. The molecular formula is C59H51N15. The van der Waals surface area contributed by atoms with Gasteiger partial charge in [0, 0.05) is 79.0 Å². The minimum Gasteiger partial charge on any atom is -0.355 e. The van der Waals surface area contributed by atoms with E-state index >= 15 is 0 Å². The molecular weight excluding hydrogens is 919 g/mol. The summed E-state index contributed by atoms with van der Waals surface area (Å²) in [6.07, 6.45) is 11.6. The summed E-state index contributed by atoms with van der Waals surface area (Å²) in [6.45, 7) is 3.56. The lowest BCUT2D eigenvalue weighted by Gasteiger charge is -2.00. The molecule has 15 heteroatoms. The molecule has 14 rings (SSSR count). The van der Waals surface area contributed by atoms with Crippen LogP contribution >= 0.6 is 0 Å². The van der Waals surface area contributed by atoms with Crippen LogP contribution in [0.2, 0.25) is 0 Å². The lowest BCUT2D eigenvalue weighted by molar-refractivity contribution is 0.610. The van der Waals surface area contributed by atoms with Crippen LogP contribution in [-0.4, -0.2) is 86.0 Å². The second-order valence-electron chi connectivity index (χ2n) is 18.1. The van der Waals surface area contributed by atoms with Gasteiger partial charge in [-0.25, -0.2) is 39.9 Å². The van der Waals surface area contributed by atoms with E-state index in [0.717, 1.165) is 121 Å². The lowest BCUT2D eigenvalue weighted by atomic mass is 10.1. The molecule has 0 saturated carbocycles. The Morgan fingerprint density at radius 2 is 0.689 bits per heavy atom. The van der Waals surface area contributed by atoms with Gasteiger partial charge >= 0.3 is 0 Å². The number of aromatic nitrogens is 12. The highest BCUT2D eigenvalue weighted by atomic mass is 15.1. The Bertz CT molecular complexity index is 3740. The Labute approximate surface area is 424 Å². The number of nitrogens with one attached hydrogen (secondary N) is 5. The van der Waals surface area contributed by atoms with Crippen LogP contribution in [0.4, 0.5) is 0 Å². The second kappa shape index (κ2) is 20.4. The third kappa shape index (κ3) is 9.60. The summed E-state index contributed by atoms with van der Waals surface area (Å²) < 4.78 is 0. The Hall–Kier alpha value is -9.28. The third-order valence-corrected chi connectivity index (χ3v) is 12.9. The zero-order chi connectivity index (χ0) is 49.8. The number of hydrogen-bond acceptors (Lipinski definition) is 11. The molecule has 10 aromatic rings. The predicted molar refractivity (Wildman–Crippen MR) is 300 cm³/mol. The first-order valence-corrected chi connectivity index (χ1v) is 24.9. The quantitative estimate of drug-likeness (QED) is 0.0743. The molecule has 6 aromatic heterocycles. The highest BCUT2D eigenvalue weighted by Crippen LogP contribution is 2.37. The number of benzene rings is 4. The van der Waals surface area contributed by atoms with E-state index in [4.69, 9.17) is 41.4 Å². The molecule has 362 valence electrons. The maximum Gasteiger partial charge on any atom is 0.164 e. The van der Waals surface area contributed by atoms with Crippen LogP contribution in [0.3, 0.4) is 0 Å². The van der Waals surface area contributed by atoms with Crippen molar-refractivity contribution < 1.29 is 0 Å². The van der Waals surface area contributed by atoms with E-state index in [1.807, 2.05) is 140 Å². The van der Waals surface area contributed by atoms with Gasteiger partial charge in [0.25, 0.3) is 0 Å². The van der Waals surface area contributed by atoms with Gasteiger partial charge in [0.15, 0.2) is 23.3 Å². The van der Waals surface area contributed by atoms with Crippen molar-refractivity contribution in [2.24, 2.45) is 11.5 Å². The highest BCUT2D eigenvalue weighted by Gasteiger charge is 2.22. The smallest absolute Gasteiger partial charge is 0.164 e. The van der Waals surface area contributed by atoms with Crippen LogP contribution < -0.4 is 16.8 Å². The molecule has 0 amide bonds. The van der Waals surface area contributed by atoms with Crippen molar-refractivity contribution in [1.29, 1.82) is 0 Å². The normalized spacial score (nSPS) is 12.0. The molecule has 0 spiro atoms. The van der Waals surface area contributed by atoms with E-state index in [1.54, 1.807) is 0 Å². The van der Waals surface area contributed by atoms with Crippen molar-refractivity contribution in [3.63, 3.8) is 0 Å². The van der Waals surface area contributed by atoms with Crippen molar-refractivity contribution in [3.05, 3.63) is 168 Å². The fourth-order valence-electron chi connectivity index (χ4n) is 9.33. The molecule has 0 atom stereocenters. The number of aromatic amines is 4. The van der Waals surface area contributed by atoms with E-state index in [2.05, 4.69) is 65.6 Å². The average Bonchev–Trinajstić information content (AvgIpc) is 4.32. The molecule has 0 aliphatic carbocycles. The van der Waals surface area contributed by atoms with Crippen molar-refractivity contribution in [2.75, 3.05) is 26.2 Å². The monoisotopic (exact) mass is 969 g/mol. The number of hydrogen-bond donors (Lipinski definition) is 7. The minimum absolute atomic E-state index is 0.597. The minimum atomic E-state index is 0.597. The summed E-state index contributed by atoms with van der Waals surface area (Å²) in [5.41, 5.74) is 24.9. The van der Waals surface area contributed by atoms with E-state index in [-0.39, 0.29) is 0 Å². The van der Waals surface area contributed by atoms with Crippen LogP contribution in [-0.2, 0) is 0 Å². The first-order chi connectivity index (χ1) is 36.5. The molecule has 16 bridgehead atoms. The molecule has 74 heavy (non-hydrogen) atoms. The number of nitrogens with two attached hydrogens (primary N) is 2. The zero-order valence-electron chi connectivity index (χ0n) is 40.3. The van der Waals surface area contributed by atoms with Gasteiger partial charge in [-0.1, -0.05) is 103 Å². The van der Waals surface area contributed by atoms with E-state index < -0.39 is 0 Å². The standard InChI is InChI=1S/C32H18N8.C20H14N4.C7H19N3/c1-2-10-18-17(9-1)25-33-26(18)38-28-21-13-5-6-14-22(21)30(35-28)40-32-24-16-8-7-15-23(24)31(36-32)39-29-20-12-4-3-11-19(20)27(34-29)37-25;1-2-14-10-16-5-6-18(23-16)12-20-8-7-19(24-20)11-17-4-3-15(22-17)9-13(1)21-14;8-4-2-1-3-6-10-7-5-9/h1-16H,(H2,33,34,35,36,37,38,39,40);1-12,21-22H;10H,1-9H2. The Balaban J connectivity index is 0.000000138. The van der Waals surface area contributed by atoms with Crippen LogP contribution in [0, 0.1) is 0 Å². The van der Waals surface area contributed by atoms with Crippen LogP contribution in [0.5, 0.6) is 0 Å². The zero-order valence-corrected chi connectivity index (χ0v) is 40.3. The Kier molecular flexibility index (Phi) is 12.7. The van der Waals surface area contributed by atoms with Gasteiger partial charge in [0.2, 0.25) is 0 Å². The van der Waals surface area contributed by atoms with Crippen molar-refractivity contribution in [3.8, 4) is 45.6 Å². The summed E-state index contributed by atoms with van der Waals surface area (Å²) in [5.74, 6) is 2.39. The molecule has 0 unspecified atom stereocenters. The second-order valence-corrected chi connectivity index (χ2v) is 18.1. The molecule has 15 nitrogen and oxygen atoms in total. The van der Waals surface area contributed by atoms with Gasteiger partial charge in [0.05, 0.1) is 22.8 Å². The van der Waals surface area contributed by atoms with E-state index in [0.29, 0.717) is 45.9 Å². The SMILES string of the molecule is C1=Cc2cc3ccc(cc4ccc(cc5nc(cc1n2)C=C5)[nH]4)[nH]3.NCCCCCNCCN.c1ccc2c(c1)-c1nc-2nc2[nH]c(nc3nc(nc4[nH]c(n1)c1ccccc41)-c1ccccc1-3)c1ccccc21. The molecule has 4 aliphatic rings. The first-order valence-electron chi connectivity index (χ1n) is 24.9. The van der Waals surface area contributed by atoms with Crippen molar-refractivity contribution >= 4 is 90.5 Å². The van der Waals surface area contributed by atoms with Crippen LogP contribution in [0.1, 0.15) is 42.0 Å². The van der Waals surface area contributed by atoms with Gasteiger partial charge in [-0.05, 0) is 98.8 Å². The van der Waals surface area contributed by atoms with E-state index in [9.17, 15) is 0 Å². The predicted octanol–water partition coefficient (Wildman–Crippen LogP) is 11.2. The number of unbranched alkanes of at least 4 members (excludes halogenated alkanes) is 2. The fraction of sp³-hybridized carbons (Fsp3) is 0.119. The fourth-order valence-corrected chi connectivity index (χ4v) is 9.33. The number of fused-ring (bicyclic) bond motifs is 28. The Morgan fingerprint density at radius 3 is 1.07 bits per heavy atom. The molecule has 9 N–H and O–H groups in total. The van der Waals surface area contributed by atoms with Crippen molar-refractivity contribution in [1.82, 2.24) is 65.1 Å².